The smallest absolute Gasteiger partial charge is 0.224 e. The Hall–Kier alpha value is -0.570. The summed E-state index contributed by atoms with van der Waals surface area (Å²) in [6.07, 6.45) is 4.76. The maximum atomic E-state index is 11.2. The molecule has 1 amide bonds. The average Bonchev–Trinajstić information content (AvgIpc) is 2.16. The van der Waals surface area contributed by atoms with Crippen molar-refractivity contribution in [3.63, 3.8) is 0 Å². The van der Waals surface area contributed by atoms with Crippen LogP contribution in [0.3, 0.4) is 0 Å². The van der Waals surface area contributed by atoms with Gasteiger partial charge in [0.25, 0.3) is 0 Å². The van der Waals surface area contributed by atoms with Crippen LogP contribution in [-0.4, -0.2) is 19.0 Å². The Morgan fingerprint density at radius 2 is 2.08 bits per heavy atom. The third-order valence-electron chi connectivity index (χ3n) is 2.13. The molecule has 0 bridgehead atoms. The number of carbonyl (C=O) groups is 1. The Morgan fingerprint density at radius 3 is 2.62 bits per heavy atom. The molecule has 0 unspecified atom stereocenters. The molecule has 1 atom stereocenters. The number of unbranched alkanes of at least 4 members (excludes halogenated alkanes) is 3. The van der Waals surface area contributed by atoms with Gasteiger partial charge in [0.15, 0.2) is 0 Å². The molecular formula is C10H22N2O. The molecule has 0 aliphatic carbocycles. The topological polar surface area (TPSA) is 55.1 Å². The van der Waals surface area contributed by atoms with Crippen molar-refractivity contribution in [1.29, 1.82) is 0 Å². The highest BCUT2D eigenvalue weighted by atomic mass is 16.1. The lowest BCUT2D eigenvalue weighted by atomic mass is 10.1. The largest absolute Gasteiger partial charge is 0.356 e. The Bertz CT molecular complexity index is 137. The average molecular weight is 186 g/mol. The first-order valence-corrected chi connectivity index (χ1v) is 5.20. The second kappa shape index (κ2) is 8.05. The minimum absolute atomic E-state index is 0.0498. The van der Waals surface area contributed by atoms with E-state index >= 15 is 0 Å². The number of amides is 1. The van der Waals surface area contributed by atoms with E-state index in [1.54, 1.807) is 0 Å². The van der Waals surface area contributed by atoms with E-state index in [4.69, 9.17) is 5.73 Å². The fraction of sp³-hybridized carbons (Fsp3) is 0.900. The first-order chi connectivity index (χ1) is 6.22. The molecule has 0 aromatic heterocycles. The van der Waals surface area contributed by atoms with Crippen molar-refractivity contribution in [2.24, 2.45) is 11.7 Å². The van der Waals surface area contributed by atoms with Gasteiger partial charge in [-0.1, -0.05) is 33.1 Å². The molecular weight excluding hydrogens is 164 g/mol. The Kier molecular flexibility index (Phi) is 7.69. The molecule has 0 spiro atoms. The van der Waals surface area contributed by atoms with Gasteiger partial charge in [0.05, 0.1) is 0 Å². The van der Waals surface area contributed by atoms with E-state index in [0.29, 0.717) is 6.54 Å². The molecule has 0 heterocycles. The van der Waals surface area contributed by atoms with Gasteiger partial charge in [-0.05, 0) is 6.42 Å². The molecule has 78 valence electrons. The van der Waals surface area contributed by atoms with E-state index in [9.17, 15) is 4.79 Å². The zero-order chi connectivity index (χ0) is 10.1. The molecule has 0 aromatic carbocycles. The van der Waals surface area contributed by atoms with Gasteiger partial charge in [0.1, 0.15) is 0 Å². The minimum Gasteiger partial charge on any atom is -0.356 e. The van der Waals surface area contributed by atoms with Crippen molar-refractivity contribution < 1.29 is 4.79 Å². The van der Waals surface area contributed by atoms with Gasteiger partial charge in [-0.3, -0.25) is 4.79 Å². The summed E-state index contributed by atoms with van der Waals surface area (Å²) in [5.74, 6) is 0.0326. The van der Waals surface area contributed by atoms with Gasteiger partial charge >= 0.3 is 0 Å². The second-order valence-corrected chi connectivity index (χ2v) is 3.49. The van der Waals surface area contributed by atoms with Crippen LogP contribution in [0.15, 0.2) is 0 Å². The van der Waals surface area contributed by atoms with E-state index in [0.717, 1.165) is 13.0 Å². The molecule has 3 nitrogen and oxygen atoms in total. The van der Waals surface area contributed by atoms with Gasteiger partial charge < -0.3 is 11.1 Å². The van der Waals surface area contributed by atoms with Crippen molar-refractivity contribution in [2.75, 3.05) is 13.1 Å². The van der Waals surface area contributed by atoms with Gasteiger partial charge in [0, 0.05) is 19.0 Å². The number of hydrogen-bond donors (Lipinski definition) is 2. The van der Waals surface area contributed by atoms with Crippen LogP contribution < -0.4 is 11.1 Å². The third-order valence-corrected chi connectivity index (χ3v) is 2.13. The first-order valence-electron chi connectivity index (χ1n) is 5.20. The Labute approximate surface area is 81.1 Å². The van der Waals surface area contributed by atoms with Crippen molar-refractivity contribution in [3.8, 4) is 0 Å². The van der Waals surface area contributed by atoms with Crippen molar-refractivity contribution in [3.05, 3.63) is 0 Å². The lowest BCUT2D eigenvalue weighted by Crippen LogP contribution is -2.33. The van der Waals surface area contributed by atoms with Gasteiger partial charge in [-0.2, -0.15) is 0 Å². The summed E-state index contributed by atoms with van der Waals surface area (Å²) in [5, 5.41) is 2.87. The number of nitrogens with one attached hydrogen (secondary N) is 1. The maximum absolute atomic E-state index is 11.2. The molecule has 0 fully saturated rings. The van der Waals surface area contributed by atoms with Crippen LogP contribution in [0, 0.1) is 5.92 Å². The number of carbonyl (C=O) groups excluding carboxylic acids is 1. The monoisotopic (exact) mass is 186 g/mol. The van der Waals surface area contributed by atoms with Crippen molar-refractivity contribution in [1.82, 2.24) is 5.32 Å². The molecule has 3 heteroatoms. The number of nitrogens with two attached hydrogens (primary N) is 1. The second-order valence-electron chi connectivity index (χ2n) is 3.49. The third kappa shape index (κ3) is 6.58. The van der Waals surface area contributed by atoms with Crippen molar-refractivity contribution >= 4 is 5.91 Å². The van der Waals surface area contributed by atoms with Crippen LogP contribution in [0.5, 0.6) is 0 Å². The lowest BCUT2D eigenvalue weighted by molar-refractivity contribution is -0.124. The summed E-state index contributed by atoms with van der Waals surface area (Å²) in [5.41, 5.74) is 5.36. The highest BCUT2D eigenvalue weighted by Crippen LogP contribution is 1.97. The fourth-order valence-corrected chi connectivity index (χ4v) is 1.04. The molecule has 13 heavy (non-hydrogen) atoms. The predicted octanol–water partition coefficient (Wildman–Crippen LogP) is 1.28. The maximum Gasteiger partial charge on any atom is 0.224 e. The van der Waals surface area contributed by atoms with Crippen LogP contribution in [-0.2, 0) is 4.79 Å². The molecule has 3 N–H and O–H groups in total. The summed E-state index contributed by atoms with van der Waals surface area (Å²) in [6, 6.07) is 0. The molecule has 0 saturated carbocycles. The van der Waals surface area contributed by atoms with Crippen LogP contribution in [0.25, 0.3) is 0 Å². The minimum atomic E-state index is -0.0498. The molecule has 0 aliphatic rings. The van der Waals surface area contributed by atoms with Crippen LogP contribution in [0.4, 0.5) is 0 Å². The summed E-state index contributed by atoms with van der Waals surface area (Å²) in [6.45, 7) is 5.25. The van der Waals surface area contributed by atoms with Crippen LogP contribution in [0.2, 0.25) is 0 Å². The van der Waals surface area contributed by atoms with Gasteiger partial charge in [-0.25, -0.2) is 0 Å². The van der Waals surface area contributed by atoms with Gasteiger partial charge in [0.2, 0.25) is 5.91 Å². The quantitative estimate of drug-likeness (QED) is 0.588. The Morgan fingerprint density at radius 1 is 1.38 bits per heavy atom. The highest BCUT2D eigenvalue weighted by Gasteiger charge is 2.08. The molecule has 0 rings (SSSR count). The lowest BCUT2D eigenvalue weighted by Gasteiger charge is -2.09. The standard InChI is InChI=1S/C10H22N2O/c1-3-4-5-6-7-12-10(13)9(2)8-11/h9H,3-8,11H2,1-2H3,(H,12,13)/t9-/m0/s1. The molecule has 0 aromatic rings. The van der Waals surface area contributed by atoms with Crippen molar-refractivity contribution in [2.45, 2.75) is 39.5 Å². The summed E-state index contributed by atoms with van der Waals surface area (Å²) in [7, 11) is 0. The first kappa shape index (κ1) is 12.4. The van der Waals surface area contributed by atoms with Crippen LogP contribution >= 0.6 is 0 Å². The van der Waals surface area contributed by atoms with E-state index in [1.807, 2.05) is 6.92 Å². The summed E-state index contributed by atoms with van der Waals surface area (Å²) in [4.78, 5) is 11.2. The van der Waals surface area contributed by atoms with E-state index in [1.165, 1.54) is 19.3 Å². The SMILES string of the molecule is CCCCCCNC(=O)[C@@H](C)CN. The normalized spacial score (nSPS) is 12.5. The Balaban J connectivity index is 3.27. The van der Waals surface area contributed by atoms with Gasteiger partial charge in [-0.15, -0.1) is 0 Å². The van der Waals surface area contributed by atoms with E-state index in [2.05, 4.69) is 12.2 Å². The molecule has 0 saturated heterocycles. The summed E-state index contributed by atoms with van der Waals surface area (Å²) >= 11 is 0. The molecule has 0 aliphatic heterocycles. The predicted molar refractivity (Wildman–Crippen MR) is 55.4 cm³/mol. The zero-order valence-corrected chi connectivity index (χ0v) is 8.81. The highest BCUT2D eigenvalue weighted by molar-refractivity contribution is 5.78. The van der Waals surface area contributed by atoms with E-state index in [-0.39, 0.29) is 11.8 Å². The fourth-order valence-electron chi connectivity index (χ4n) is 1.04. The van der Waals surface area contributed by atoms with E-state index < -0.39 is 0 Å². The number of hydrogen-bond acceptors (Lipinski definition) is 2. The van der Waals surface area contributed by atoms with Crippen LogP contribution in [0.1, 0.15) is 39.5 Å². The zero-order valence-electron chi connectivity index (χ0n) is 8.81. The molecule has 0 radical (unpaired) electrons. The summed E-state index contributed by atoms with van der Waals surface area (Å²) < 4.78 is 0. The number of rotatable bonds is 7.